The molecule has 1 N–H and O–H groups in total. The standard InChI is InChI=1S/C19H22N4O/c1-13(2)16-7-5-15(6-8-16)11-21-23-19-18(10-20)17(12-24-4)9-14(3)22-19/h5-9,11,13H,12H2,1-4H3,(H,22,23). The molecule has 0 fully saturated rings. The number of hydrogen-bond donors (Lipinski definition) is 1. The smallest absolute Gasteiger partial charge is 0.164 e. The molecule has 1 heterocycles. The topological polar surface area (TPSA) is 70.3 Å². The van der Waals surface area contributed by atoms with Gasteiger partial charge in [0.15, 0.2) is 5.82 Å². The van der Waals surface area contributed by atoms with E-state index in [-0.39, 0.29) is 0 Å². The normalized spacial score (nSPS) is 11.0. The molecule has 0 saturated carbocycles. The lowest BCUT2D eigenvalue weighted by molar-refractivity contribution is 0.184. The first-order chi connectivity index (χ1) is 11.5. The van der Waals surface area contributed by atoms with Crippen molar-refractivity contribution in [2.45, 2.75) is 33.3 Å². The molecule has 1 aromatic heterocycles. The van der Waals surface area contributed by atoms with E-state index in [1.54, 1.807) is 13.3 Å². The van der Waals surface area contributed by atoms with Gasteiger partial charge in [0.1, 0.15) is 11.6 Å². The number of aromatic nitrogens is 1. The summed E-state index contributed by atoms with van der Waals surface area (Å²) < 4.78 is 5.14. The fourth-order valence-electron chi connectivity index (χ4n) is 2.35. The van der Waals surface area contributed by atoms with E-state index in [1.165, 1.54) is 5.56 Å². The van der Waals surface area contributed by atoms with Crippen LogP contribution in [0.3, 0.4) is 0 Å². The molecule has 0 aliphatic rings. The molecule has 0 amide bonds. The summed E-state index contributed by atoms with van der Waals surface area (Å²) in [5.74, 6) is 0.947. The highest BCUT2D eigenvalue weighted by atomic mass is 16.5. The first kappa shape index (κ1) is 17.6. The number of rotatable bonds is 6. The highest BCUT2D eigenvalue weighted by molar-refractivity contribution is 5.80. The summed E-state index contributed by atoms with van der Waals surface area (Å²) >= 11 is 0. The second-order valence-corrected chi connectivity index (χ2v) is 5.88. The molecule has 5 heteroatoms. The van der Waals surface area contributed by atoms with Crippen LogP contribution in [0.1, 0.15) is 47.7 Å². The van der Waals surface area contributed by atoms with Gasteiger partial charge in [-0.2, -0.15) is 10.4 Å². The van der Waals surface area contributed by atoms with E-state index in [4.69, 9.17) is 4.74 Å². The van der Waals surface area contributed by atoms with Gasteiger partial charge in [-0.3, -0.25) is 5.43 Å². The van der Waals surface area contributed by atoms with Gasteiger partial charge < -0.3 is 4.74 Å². The number of hydrogen-bond acceptors (Lipinski definition) is 5. The molecule has 0 bridgehead atoms. The predicted octanol–water partition coefficient (Wildman–Crippen LogP) is 3.98. The Morgan fingerprint density at radius 2 is 2.04 bits per heavy atom. The number of nitrogens with zero attached hydrogens (tertiary/aromatic N) is 3. The predicted molar refractivity (Wildman–Crippen MR) is 96.1 cm³/mol. The third-order valence-electron chi connectivity index (χ3n) is 3.63. The number of ether oxygens (including phenoxy) is 1. The number of methoxy groups -OCH3 is 1. The van der Waals surface area contributed by atoms with Crippen molar-refractivity contribution >= 4 is 12.0 Å². The van der Waals surface area contributed by atoms with Crippen LogP contribution in [0.2, 0.25) is 0 Å². The zero-order valence-electron chi connectivity index (χ0n) is 14.5. The molecule has 0 spiro atoms. The summed E-state index contributed by atoms with van der Waals surface area (Å²) in [6, 6.07) is 12.2. The van der Waals surface area contributed by atoms with E-state index in [2.05, 4.69) is 47.6 Å². The molecule has 1 aromatic carbocycles. The fourth-order valence-corrected chi connectivity index (χ4v) is 2.35. The van der Waals surface area contributed by atoms with Crippen LogP contribution in [0.25, 0.3) is 0 Å². The van der Waals surface area contributed by atoms with Crippen LogP contribution in [0, 0.1) is 18.3 Å². The number of anilines is 1. The first-order valence-electron chi connectivity index (χ1n) is 7.83. The molecule has 0 saturated heterocycles. The third-order valence-corrected chi connectivity index (χ3v) is 3.63. The van der Waals surface area contributed by atoms with Gasteiger partial charge in [-0.15, -0.1) is 0 Å². The third kappa shape index (κ3) is 4.40. The molecule has 124 valence electrons. The van der Waals surface area contributed by atoms with Gasteiger partial charge in [-0.25, -0.2) is 4.98 Å². The Balaban J connectivity index is 2.17. The van der Waals surface area contributed by atoms with Crippen molar-refractivity contribution in [3.63, 3.8) is 0 Å². The average molecular weight is 322 g/mol. The van der Waals surface area contributed by atoms with E-state index >= 15 is 0 Å². The zero-order chi connectivity index (χ0) is 17.5. The van der Waals surface area contributed by atoms with E-state index in [0.29, 0.717) is 23.9 Å². The average Bonchev–Trinajstić information content (AvgIpc) is 2.55. The monoisotopic (exact) mass is 322 g/mol. The number of benzene rings is 1. The van der Waals surface area contributed by atoms with E-state index in [9.17, 15) is 5.26 Å². The lowest BCUT2D eigenvalue weighted by atomic mass is 10.0. The van der Waals surface area contributed by atoms with Crippen molar-refractivity contribution in [2.75, 3.05) is 12.5 Å². The fraction of sp³-hybridized carbons (Fsp3) is 0.316. The van der Waals surface area contributed by atoms with Crippen LogP contribution in [0.15, 0.2) is 35.4 Å². The van der Waals surface area contributed by atoms with Gasteiger partial charge in [0, 0.05) is 18.4 Å². The second-order valence-electron chi connectivity index (χ2n) is 5.88. The molecule has 0 aliphatic carbocycles. The minimum absolute atomic E-state index is 0.362. The maximum atomic E-state index is 9.38. The van der Waals surface area contributed by atoms with Crippen LogP contribution in [-0.4, -0.2) is 18.3 Å². The lowest BCUT2D eigenvalue weighted by Gasteiger charge is -2.09. The van der Waals surface area contributed by atoms with Crippen molar-refractivity contribution in [1.29, 1.82) is 5.26 Å². The van der Waals surface area contributed by atoms with Crippen molar-refractivity contribution in [1.82, 2.24) is 4.98 Å². The van der Waals surface area contributed by atoms with E-state index < -0.39 is 0 Å². The highest BCUT2D eigenvalue weighted by Gasteiger charge is 2.10. The van der Waals surface area contributed by atoms with Gasteiger partial charge in [0.2, 0.25) is 0 Å². The van der Waals surface area contributed by atoms with Gasteiger partial charge in [0.25, 0.3) is 0 Å². The maximum Gasteiger partial charge on any atom is 0.164 e. The van der Waals surface area contributed by atoms with Gasteiger partial charge >= 0.3 is 0 Å². The van der Waals surface area contributed by atoms with Crippen LogP contribution < -0.4 is 5.43 Å². The largest absolute Gasteiger partial charge is 0.380 e. The Hall–Kier alpha value is -2.71. The van der Waals surface area contributed by atoms with Crippen molar-refractivity contribution in [2.24, 2.45) is 5.10 Å². The van der Waals surface area contributed by atoms with Gasteiger partial charge in [0.05, 0.1) is 12.8 Å². The Labute approximate surface area is 143 Å². The summed E-state index contributed by atoms with van der Waals surface area (Å²) in [5.41, 5.74) is 7.20. The van der Waals surface area contributed by atoms with Crippen molar-refractivity contribution in [3.05, 3.63) is 58.3 Å². The number of pyridine rings is 1. The van der Waals surface area contributed by atoms with E-state index in [0.717, 1.165) is 16.8 Å². The SMILES string of the molecule is COCc1cc(C)nc(NN=Cc2ccc(C(C)C)cc2)c1C#N. The number of nitriles is 1. The van der Waals surface area contributed by atoms with Gasteiger partial charge in [-0.05, 0) is 30.0 Å². The second kappa shape index (κ2) is 8.23. The first-order valence-corrected chi connectivity index (χ1v) is 7.83. The minimum atomic E-state index is 0.362. The number of nitrogens with one attached hydrogen (secondary N) is 1. The Kier molecular flexibility index (Phi) is 6.05. The molecule has 0 atom stereocenters. The van der Waals surface area contributed by atoms with Crippen LogP contribution in [-0.2, 0) is 11.3 Å². The molecule has 5 nitrogen and oxygen atoms in total. The van der Waals surface area contributed by atoms with E-state index in [1.807, 2.05) is 25.1 Å². The zero-order valence-corrected chi connectivity index (χ0v) is 14.5. The Bertz CT molecular complexity index is 758. The molecule has 24 heavy (non-hydrogen) atoms. The molecular weight excluding hydrogens is 300 g/mol. The maximum absolute atomic E-state index is 9.38. The molecule has 2 rings (SSSR count). The summed E-state index contributed by atoms with van der Waals surface area (Å²) in [6.45, 7) is 6.56. The molecule has 2 aromatic rings. The van der Waals surface area contributed by atoms with Crippen LogP contribution in [0.4, 0.5) is 5.82 Å². The lowest BCUT2D eigenvalue weighted by Crippen LogP contribution is -2.03. The highest BCUT2D eigenvalue weighted by Crippen LogP contribution is 2.19. The quantitative estimate of drug-likeness (QED) is 0.645. The summed E-state index contributed by atoms with van der Waals surface area (Å²) in [5, 5.41) is 13.6. The van der Waals surface area contributed by atoms with Crippen LogP contribution >= 0.6 is 0 Å². The number of hydrazone groups is 1. The van der Waals surface area contributed by atoms with Crippen molar-refractivity contribution in [3.8, 4) is 6.07 Å². The summed E-state index contributed by atoms with van der Waals surface area (Å²) in [4.78, 5) is 4.35. The Morgan fingerprint density at radius 3 is 2.62 bits per heavy atom. The number of aryl methyl sites for hydroxylation is 1. The molecule has 0 unspecified atom stereocenters. The minimum Gasteiger partial charge on any atom is -0.380 e. The molecule has 0 radical (unpaired) electrons. The van der Waals surface area contributed by atoms with Gasteiger partial charge in [-0.1, -0.05) is 38.1 Å². The molecular formula is C19H22N4O. The van der Waals surface area contributed by atoms with Crippen molar-refractivity contribution < 1.29 is 4.74 Å². The van der Waals surface area contributed by atoms with Crippen LogP contribution in [0.5, 0.6) is 0 Å². The Morgan fingerprint density at radius 1 is 1.33 bits per heavy atom. The summed E-state index contributed by atoms with van der Waals surface area (Å²) in [6.07, 6.45) is 1.71. The molecule has 0 aliphatic heterocycles. The summed E-state index contributed by atoms with van der Waals surface area (Å²) in [7, 11) is 1.60.